The van der Waals surface area contributed by atoms with Crippen molar-refractivity contribution in [2.75, 3.05) is 6.61 Å². The molecule has 0 radical (unpaired) electrons. The Balaban J connectivity index is 3.24. The van der Waals surface area contributed by atoms with Gasteiger partial charge in [0.15, 0.2) is 18.3 Å². The molecular formula is C14H18Cl2O9. The standard InChI is InChI=1S/C14H18Cl2O9/c1-6(17)21-5-10-11(22-7(2)18)12(23-8(3)19)13(24-9(4)20)14(15,16)25-10/h10-13H,5H2,1-4H3/t10-,11-,12+,13+/m1/s1. The number of hydrogen-bond acceptors (Lipinski definition) is 9. The molecule has 11 heteroatoms. The van der Waals surface area contributed by atoms with E-state index in [4.69, 9.17) is 46.9 Å². The minimum absolute atomic E-state index is 0.390. The highest BCUT2D eigenvalue weighted by molar-refractivity contribution is 6.47. The van der Waals surface area contributed by atoms with Crippen molar-refractivity contribution < 1.29 is 42.9 Å². The van der Waals surface area contributed by atoms with Gasteiger partial charge in [0.2, 0.25) is 0 Å². The van der Waals surface area contributed by atoms with Gasteiger partial charge in [-0.1, -0.05) is 23.2 Å². The lowest BCUT2D eigenvalue weighted by molar-refractivity contribution is -0.247. The number of esters is 4. The van der Waals surface area contributed by atoms with E-state index >= 15 is 0 Å². The number of ether oxygens (including phenoxy) is 5. The molecule has 0 aromatic rings. The Labute approximate surface area is 153 Å². The number of hydrogen-bond donors (Lipinski definition) is 0. The molecule has 0 amide bonds. The number of halogens is 2. The first-order valence-electron chi connectivity index (χ1n) is 7.14. The number of carbonyl (C=O) groups excluding carboxylic acids is 4. The lowest BCUT2D eigenvalue weighted by atomic mass is 9.99. The summed E-state index contributed by atoms with van der Waals surface area (Å²) in [5.74, 6) is -2.92. The van der Waals surface area contributed by atoms with Gasteiger partial charge in [-0.3, -0.25) is 19.2 Å². The van der Waals surface area contributed by atoms with Gasteiger partial charge >= 0.3 is 23.9 Å². The molecule has 1 aliphatic rings. The summed E-state index contributed by atoms with van der Waals surface area (Å²) in [6.07, 6.45) is -5.32. The van der Waals surface area contributed by atoms with E-state index in [0.717, 1.165) is 27.7 Å². The second-order valence-corrected chi connectivity index (χ2v) is 6.52. The number of carbonyl (C=O) groups is 4. The molecule has 0 bridgehead atoms. The summed E-state index contributed by atoms with van der Waals surface area (Å²) in [6.45, 7) is 4.05. The molecule has 0 aromatic heterocycles. The third-order valence-corrected chi connectivity index (χ3v) is 3.58. The van der Waals surface area contributed by atoms with E-state index in [2.05, 4.69) is 0 Å². The van der Waals surface area contributed by atoms with Gasteiger partial charge in [0, 0.05) is 27.7 Å². The molecule has 0 spiro atoms. The molecule has 0 aliphatic carbocycles. The van der Waals surface area contributed by atoms with Gasteiger partial charge in [0.05, 0.1) is 0 Å². The van der Waals surface area contributed by atoms with Crippen LogP contribution in [-0.4, -0.2) is 59.4 Å². The van der Waals surface area contributed by atoms with Crippen LogP contribution in [0.1, 0.15) is 27.7 Å². The first-order valence-corrected chi connectivity index (χ1v) is 7.90. The minimum Gasteiger partial charge on any atom is -0.463 e. The van der Waals surface area contributed by atoms with Crippen LogP contribution in [0.3, 0.4) is 0 Å². The van der Waals surface area contributed by atoms with Gasteiger partial charge < -0.3 is 23.7 Å². The van der Waals surface area contributed by atoms with Crippen LogP contribution in [0.2, 0.25) is 0 Å². The Morgan fingerprint density at radius 2 is 1.32 bits per heavy atom. The molecule has 142 valence electrons. The SMILES string of the molecule is CC(=O)OC[C@H]1OC(Cl)(Cl)[C@@H](OC(C)=O)[C@@H](OC(C)=O)[C@@H]1OC(C)=O. The van der Waals surface area contributed by atoms with Crippen LogP contribution in [-0.2, 0) is 42.9 Å². The average molecular weight is 401 g/mol. The fourth-order valence-electron chi connectivity index (χ4n) is 2.21. The first-order chi connectivity index (χ1) is 11.4. The molecule has 0 aromatic carbocycles. The van der Waals surface area contributed by atoms with E-state index in [-0.39, 0.29) is 6.61 Å². The summed E-state index contributed by atoms with van der Waals surface area (Å²) in [6, 6.07) is 0. The molecular weight excluding hydrogens is 383 g/mol. The summed E-state index contributed by atoms with van der Waals surface area (Å²) >= 11 is 12.1. The fraction of sp³-hybridized carbons (Fsp3) is 0.714. The van der Waals surface area contributed by atoms with Crippen LogP contribution in [0, 0.1) is 0 Å². The van der Waals surface area contributed by atoms with E-state index < -0.39 is 52.8 Å². The Morgan fingerprint density at radius 1 is 0.840 bits per heavy atom. The summed E-state index contributed by atoms with van der Waals surface area (Å²) in [5, 5.41) is 0. The second kappa shape index (κ2) is 8.68. The van der Waals surface area contributed by atoms with Crippen molar-refractivity contribution in [1.82, 2.24) is 0 Å². The van der Waals surface area contributed by atoms with Crippen molar-refractivity contribution in [3.05, 3.63) is 0 Å². The molecule has 1 saturated heterocycles. The van der Waals surface area contributed by atoms with E-state index in [9.17, 15) is 19.2 Å². The van der Waals surface area contributed by atoms with Gasteiger partial charge in [-0.2, -0.15) is 0 Å². The van der Waals surface area contributed by atoms with Crippen LogP contribution >= 0.6 is 23.2 Å². The largest absolute Gasteiger partial charge is 0.463 e. The van der Waals surface area contributed by atoms with E-state index in [1.807, 2.05) is 0 Å². The molecule has 0 unspecified atom stereocenters. The van der Waals surface area contributed by atoms with E-state index in [1.54, 1.807) is 0 Å². The van der Waals surface area contributed by atoms with E-state index in [1.165, 1.54) is 0 Å². The maximum absolute atomic E-state index is 11.4. The van der Waals surface area contributed by atoms with Crippen LogP contribution < -0.4 is 0 Å². The highest BCUT2D eigenvalue weighted by atomic mass is 35.5. The van der Waals surface area contributed by atoms with Crippen molar-refractivity contribution in [3.8, 4) is 0 Å². The summed E-state index contributed by atoms with van der Waals surface area (Å²) in [4.78, 5) is 45.2. The minimum atomic E-state index is -2.15. The van der Waals surface area contributed by atoms with E-state index in [0.29, 0.717) is 0 Å². The predicted octanol–water partition coefficient (Wildman–Crippen LogP) is 0.875. The molecule has 9 nitrogen and oxygen atoms in total. The van der Waals surface area contributed by atoms with Crippen LogP contribution in [0.4, 0.5) is 0 Å². The summed E-state index contributed by atoms with van der Waals surface area (Å²) < 4.78 is 23.3. The predicted molar refractivity (Wildman–Crippen MR) is 82.6 cm³/mol. The second-order valence-electron chi connectivity index (χ2n) is 5.20. The topological polar surface area (TPSA) is 114 Å². The summed E-state index contributed by atoms with van der Waals surface area (Å²) in [5.41, 5.74) is 0. The van der Waals surface area contributed by atoms with Gasteiger partial charge in [-0.15, -0.1) is 0 Å². The normalized spacial score (nSPS) is 27.8. The molecule has 0 saturated carbocycles. The van der Waals surface area contributed by atoms with Crippen molar-refractivity contribution in [2.24, 2.45) is 0 Å². The summed E-state index contributed by atoms with van der Waals surface area (Å²) in [7, 11) is 0. The van der Waals surface area contributed by atoms with Crippen LogP contribution in [0.25, 0.3) is 0 Å². The molecule has 1 fully saturated rings. The zero-order chi connectivity index (χ0) is 19.4. The smallest absolute Gasteiger partial charge is 0.303 e. The van der Waals surface area contributed by atoms with Crippen molar-refractivity contribution >= 4 is 47.1 Å². The monoisotopic (exact) mass is 400 g/mol. The zero-order valence-electron chi connectivity index (χ0n) is 13.9. The highest BCUT2D eigenvalue weighted by Crippen LogP contribution is 2.41. The van der Waals surface area contributed by atoms with Gasteiger partial charge in [-0.05, 0) is 0 Å². The van der Waals surface area contributed by atoms with Gasteiger partial charge in [-0.25, -0.2) is 0 Å². The van der Waals surface area contributed by atoms with Gasteiger partial charge in [0.25, 0.3) is 4.52 Å². The van der Waals surface area contributed by atoms with Gasteiger partial charge in [0.1, 0.15) is 12.7 Å². The molecule has 1 rings (SSSR count). The molecule has 0 N–H and O–H groups in total. The zero-order valence-corrected chi connectivity index (χ0v) is 15.5. The number of rotatable bonds is 5. The van der Waals surface area contributed by atoms with Crippen LogP contribution in [0.15, 0.2) is 0 Å². The van der Waals surface area contributed by atoms with Crippen LogP contribution in [0.5, 0.6) is 0 Å². The Bertz CT molecular complexity index is 548. The Morgan fingerprint density at radius 3 is 1.76 bits per heavy atom. The highest BCUT2D eigenvalue weighted by Gasteiger charge is 2.58. The molecule has 25 heavy (non-hydrogen) atoms. The number of alkyl halides is 2. The molecule has 1 aliphatic heterocycles. The third-order valence-electron chi connectivity index (χ3n) is 2.98. The van der Waals surface area contributed by atoms with Crippen molar-refractivity contribution in [1.29, 1.82) is 0 Å². The van der Waals surface area contributed by atoms with Crippen molar-refractivity contribution in [2.45, 2.75) is 56.6 Å². The maximum Gasteiger partial charge on any atom is 0.303 e. The Hall–Kier alpha value is -1.58. The maximum atomic E-state index is 11.4. The van der Waals surface area contributed by atoms with Crippen molar-refractivity contribution in [3.63, 3.8) is 0 Å². The Kier molecular flexibility index (Phi) is 7.45. The molecule has 1 heterocycles. The quantitative estimate of drug-likeness (QED) is 0.376. The first kappa shape index (κ1) is 21.5. The lowest BCUT2D eigenvalue weighted by Gasteiger charge is -2.45. The molecule has 4 atom stereocenters. The fourth-order valence-corrected chi connectivity index (χ4v) is 2.78. The third kappa shape index (κ3) is 6.33. The lowest BCUT2D eigenvalue weighted by Crippen LogP contribution is -2.64. The average Bonchev–Trinajstić information content (AvgIpc) is 2.42.